The maximum Gasteiger partial charge on any atom is 0.300 e. The second-order valence-electron chi connectivity index (χ2n) is 8.28. The lowest BCUT2D eigenvalue weighted by Gasteiger charge is -2.26. The van der Waals surface area contributed by atoms with E-state index in [0.717, 1.165) is 0 Å². The zero-order valence-electron chi connectivity index (χ0n) is 20.0. The normalized spacial score (nSPS) is 17.1. The molecule has 180 valence electrons. The Morgan fingerprint density at radius 3 is 2.00 bits per heavy atom. The zero-order valence-corrected chi connectivity index (χ0v) is 20.0. The maximum absolute atomic E-state index is 13.4. The summed E-state index contributed by atoms with van der Waals surface area (Å²) in [4.78, 5) is 28.1. The van der Waals surface area contributed by atoms with Crippen molar-refractivity contribution in [3.63, 3.8) is 0 Å². The highest BCUT2D eigenvalue weighted by Crippen LogP contribution is 2.45. The van der Waals surface area contributed by atoms with Crippen molar-refractivity contribution in [3.05, 3.63) is 89.5 Å². The van der Waals surface area contributed by atoms with Crippen LogP contribution in [0.4, 0.5) is 5.69 Å². The molecule has 1 aliphatic rings. The lowest BCUT2D eigenvalue weighted by atomic mass is 9.94. The fourth-order valence-electron chi connectivity index (χ4n) is 4.23. The first-order valence-electron chi connectivity index (χ1n) is 11.2. The van der Waals surface area contributed by atoms with Crippen LogP contribution < -0.4 is 19.1 Å². The fourth-order valence-corrected chi connectivity index (χ4v) is 4.23. The van der Waals surface area contributed by atoms with Crippen molar-refractivity contribution in [2.45, 2.75) is 26.0 Å². The van der Waals surface area contributed by atoms with Crippen LogP contribution in [0.15, 0.2) is 78.4 Å². The molecule has 7 heteroatoms. The van der Waals surface area contributed by atoms with Crippen LogP contribution in [0, 0.1) is 0 Å². The second-order valence-corrected chi connectivity index (χ2v) is 8.28. The van der Waals surface area contributed by atoms with E-state index < -0.39 is 17.7 Å². The van der Waals surface area contributed by atoms with Crippen molar-refractivity contribution >= 4 is 23.1 Å². The first-order chi connectivity index (χ1) is 16.9. The van der Waals surface area contributed by atoms with E-state index in [1.807, 2.05) is 44.2 Å². The van der Waals surface area contributed by atoms with Crippen LogP contribution in [-0.2, 0) is 9.59 Å². The number of carbonyl (C=O) groups is 2. The van der Waals surface area contributed by atoms with Crippen LogP contribution in [0.5, 0.6) is 17.2 Å². The third kappa shape index (κ3) is 4.45. The first-order valence-corrected chi connectivity index (χ1v) is 11.2. The van der Waals surface area contributed by atoms with Gasteiger partial charge in [-0.2, -0.15) is 0 Å². The van der Waals surface area contributed by atoms with Crippen LogP contribution in [0.3, 0.4) is 0 Å². The van der Waals surface area contributed by atoms with Crippen molar-refractivity contribution in [3.8, 4) is 17.2 Å². The monoisotopic (exact) mass is 473 g/mol. The van der Waals surface area contributed by atoms with Crippen molar-refractivity contribution in [1.82, 2.24) is 0 Å². The van der Waals surface area contributed by atoms with Crippen LogP contribution >= 0.6 is 0 Å². The van der Waals surface area contributed by atoms with Gasteiger partial charge in [-0.3, -0.25) is 14.5 Å². The number of ketones is 1. The first kappa shape index (κ1) is 23.9. The third-order valence-corrected chi connectivity index (χ3v) is 5.71. The number of hydrogen-bond donors (Lipinski definition) is 1. The Bertz CT molecular complexity index is 1240. The van der Waals surface area contributed by atoms with Crippen LogP contribution in [0.2, 0.25) is 0 Å². The number of nitrogens with zero attached hydrogens (tertiary/aromatic N) is 1. The molecule has 1 heterocycles. The molecule has 0 radical (unpaired) electrons. The minimum Gasteiger partial charge on any atom is -0.506 e. The summed E-state index contributed by atoms with van der Waals surface area (Å²) in [6.45, 7) is 3.85. The van der Waals surface area contributed by atoms with Gasteiger partial charge in [0.05, 0.1) is 31.9 Å². The number of aliphatic hydroxyl groups excluding tert-OH is 1. The van der Waals surface area contributed by atoms with E-state index in [1.54, 1.807) is 42.5 Å². The molecule has 4 rings (SSSR count). The van der Waals surface area contributed by atoms with Gasteiger partial charge in [0, 0.05) is 5.69 Å². The van der Waals surface area contributed by atoms with Crippen molar-refractivity contribution in [1.29, 1.82) is 0 Å². The number of aliphatic hydroxyl groups is 1. The maximum atomic E-state index is 13.4. The van der Waals surface area contributed by atoms with Gasteiger partial charge in [-0.1, -0.05) is 36.4 Å². The number of hydrogen-bond acceptors (Lipinski definition) is 6. The van der Waals surface area contributed by atoms with E-state index in [0.29, 0.717) is 28.5 Å². The Morgan fingerprint density at radius 2 is 1.46 bits per heavy atom. The summed E-state index contributed by atoms with van der Waals surface area (Å²) >= 11 is 0. The van der Waals surface area contributed by atoms with Gasteiger partial charge >= 0.3 is 0 Å². The summed E-state index contributed by atoms with van der Waals surface area (Å²) < 4.78 is 16.6. The molecule has 0 bridgehead atoms. The topological polar surface area (TPSA) is 85.3 Å². The minimum atomic E-state index is -0.859. The van der Waals surface area contributed by atoms with Gasteiger partial charge in [-0.15, -0.1) is 0 Å². The fraction of sp³-hybridized carbons (Fsp3) is 0.214. The van der Waals surface area contributed by atoms with Gasteiger partial charge in [-0.05, 0) is 55.8 Å². The SMILES string of the molecule is COc1cccc(OC)c1/C(O)=C1\C(=O)C(=O)N(c2ccc(OC(C)C)cc2)C1c1ccccc1. The van der Waals surface area contributed by atoms with E-state index in [9.17, 15) is 14.7 Å². The number of carbonyl (C=O) groups excluding carboxylic acids is 2. The number of anilines is 1. The summed E-state index contributed by atoms with van der Waals surface area (Å²) in [7, 11) is 2.92. The summed E-state index contributed by atoms with van der Waals surface area (Å²) in [6, 6.07) is 20.2. The molecule has 1 atom stereocenters. The minimum absolute atomic E-state index is 0.00442. The Balaban J connectivity index is 1.92. The van der Waals surface area contributed by atoms with E-state index in [-0.39, 0.29) is 23.0 Å². The lowest BCUT2D eigenvalue weighted by Crippen LogP contribution is -2.29. The summed E-state index contributed by atoms with van der Waals surface area (Å²) in [6.07, 6.45) is -0.00442. The van der Waals surface area contributed by atoms with Gasteiger partial charge in [0.1, 0.15) is 28.6 Å². The summed E-state index contributed by atoms with van der Waals surface area (Å²) in [5.41, 5.74) is 1.33. The third-order valence-electron chi connectivity index (χ3n) is 5.71. The second kappa shape index (κ2) is 9.93. The Labute approximate surface area is 204 Å². The number of benzene rings is 3. The van der Waals surface area contributed by atoms with Crippen molar-refractivity contribution in [2.24, 2.45) is 0 Å². The molecule has 1 fully saturated rings. The molecule has 1 unspecified atom stereocenters. The number of ether oxygens (including phenoxy) is 3. The standard InChI is InChI=1S/C28H27NO6/c1-17(2)35-20-15-13-19(14-16-20)29-25(18-9-6-5-7-10-18)24(27(31)28(29)32)26(30)23-21(33-3)11-8-12-22(23)34-4/h5-17,25,30H,1-4H3/b26-24+. The Kier molecular flexibility index (Phi) is 6.78. The quantitative estimate of drug-likeness (QED) is 0.291. The Morgan fingerprint density at radius 1 is 0.857 bits per heavy atom. The highest BCUT2D eigenvalue weighted by Gasteiger charge is 2.47. The van der Waals surface area contributed by atoms with Crippen molar-refractivity contribution in [2.75, 3.05) is 19.1 Å². The van der Waals surface area contributed by atoms with Crippen LogP contribution in [0.1, 0.15) is 31.0 Å². The van der Waals surface area contributed by atoms with Gasteiger partial charge in [0.25, 0.3) is 11.7 Å². The van der Waals surface area contributed by atoms with E-state index in [2.05, 4.69) is 0 Å². The predicted octanol–water partition coefficient (Wildman–Crippen LogP) is 5.12. The van der Waals surface area contributed by atoms with Crippen LogP contribution in [0.25, 0.3) is 5.76 Å². The number of methoxy groups -OCH3 is 2. The molecule has 1 saturated heterocycles. The number of Topliss-reactive ketones (excluding diaryl/α,β-unsaturated/α-hetero) is 1. The van der Waals surface area contributed by atoms with E-state index >= 15 is 0 Å². The molecule has 1 aliphatic heterocycles. The highest BCUT2D eigenvalue weighted by atomic mass is 16.5. The van der Waals surface area contributed by atoms with Gasteiger partial charge in [0.2, 0.25) is 0 Å². The number of rotatable bonds is 7. The summed E-state index contributed by atoms with van der Waals surface area (Å²) in [5.74, 6) is -0.632. The average molecular weight is 474 g/mol. The highest BCUT2D eigenvalue weighted by molar-refractivity contribution is 6.51. The smallest absolute Gasteiger partial charge is 0.300 e. The van der Waals surface area contributed by atoms with Crippen molar-refractivity contribution < 1.29 is 28.9 Å². The van der Waals surface area contributed by atoms with E-state index in [1.165, 1.54) is 19.1 Å². The molecule has 3 aromatic carbocycles. The summed E-state index contributed by atoms with van der Waals surface area (Å²) in [5, 5.41) is 11.5. The molecule has 1 amide bonds. The lowest BCUT2D eigenvalue weighted by molar-refractivity contribution is -0.132. The molecule has 7 nitrogen and oxygen atoms in total. The van der Waals surface area contributed by atoms with Crippen LogP contribution in [-0.4, -0.2) is 37.1 Å². The number of amides is 1. The zero-order chi connectivity index (χ0) is 25.1. The largest absolute Gasteiger partial charge is 0.506 e. The molecule has 35 heavy (non-hydrogen) atoms. The molecule has 1 N–H and O–H groups in total. The average Bonchev–Trinajstić information content (AvgIpc) is 3.14. The van der Waals surface area contributed by atoms with Gasteiger partial charge in [0.15, 0.2) is 0 Å². The van der Waals surface area contributed by atoms with E-state index in [4.69, 9.17) is 14.2 Å². The van der Waals surface area contributed by atoms with Gasteiger partial charge < -0.3 is 19.3 Å². The predicted molar refractivity (Wildman–Crippen MR) is 133 cm³/mol. The molecule has 0 spiro atoms. The molecule has 0 saturated carbocycles. The molecule has 0 aromatic heterocycles. The molecule has 0 aliphatic carbocycles. The Hall–Kier alpha value is -4.26. The molecular formula is C28H27NO6. The molecule has 3 aromatic rings. The molecular weight excluding hydrogens is 446 g/mol. The van der Waals surface area contributed by atoms with Gasteiger partial charge in [-0.25, -0.2) is 0 Å².